The van der Waals surface area contributed by atoms with Gasteiger partial charge in [-0.05, 0) is 45.9 Å². The van der Waals surface area contributed by atoms with Gasteiger partial charge < -0.3 is 10.1 Å². The van der Waals surface area contributed by atoms with Gasteiger partial charge >= 0.3 is 5.97 Å². The maximum absolute atomic E-state index is 12.9. The van der Waals surface area contributed by atoms with Crippen LogP contribution in [0.5, 0.6) is 0 Å². The number of esters is 1. The second kappa shape index (κ2) is 7.98. The zero-order valence-corrected chi connectivity index (χ0v) is 16.9. The molecule has 3 aromatic rings. The number of fused-ring (bicyclic) bond motifs is 1. The van der Waals surface area contributed by atoms with Crippen molar-refractivity contribution in [1.29, 1.82) is 0 Å². The van der Waals surface area contributed by atoms with E-state index in [0.717, 1.165) is 0 Å². The summed E-state index contributed by atoms with van der Waals surface area (Å²) in [7, 11) is 0. The summed E-state index contributed by atoms with van der Waals surface area (Å²) in [6.45, 7) is 7.15. The van der Waals surface area contributed by atoms with Crippen molar-refractivity contribution in [2.45, 2.75) is 33.7 Å². The smallest absolute Gasteiger partial charge is 0.328 e. The summed E-state index contributed by atoms with van der Waals surface area (Å²) in [5.74, 6) is -0.876. The van der Waals surface area contributed by atoms with Crippen LogP contribution in [0, 0.1) is 13.8 Å². The molecule has 3 rings (SSSR count). The summed E-state index contributed by atoms with van der Waals surface area (Å²) in [6, 6.07) is 8.20. The van der Waals surface area contributed by atoms with Crippen LogP contribution in [0.3, 0.4) is 0 Å². The number of amides is 1. The van der Waals surface area contributed by atoms with Crippen LogP contribution < -0.4 is 5.32 Å². The van der Waals surface area contributed by atoms with Crippen molar-refractivity contribution in [2.75, 3.05) is 6.61 Å². The largest absolute Gasteiger partial charge is 0.464 e. The lowest BCUT2D eigenvalue weighted by molar-refractivity contribution is -0.144. The van der Waals surface area contributed by atoms with Crippen LogP contribution in [0.1, 0.15) is 35.6 Å². The van der Waals surface area contributed by atoms with Crippen LogP contribution in [-0.2, 0) is 9.53 Å². The van der Waals surface area contributed by atoms with Gasteiger partial charge in [0.1, 0.15) is 6.04 Å². The van der Waals surface area contributed by atoms with Gasteiger partial charge in [0.05, 0.1) is 34.0 Å². The monoisotopic (exact) mass is 400 g/mol. The fourth-order valence-corrected chi connectivity index (χ4v) is 3.20. The van der Waals surface area contributed by atoms with Gasteiger partial charge in [0.2, 0.25) is 0 Å². The third-order valence-corrected chi connectivity index (χ3v) is 4.57. The molecule has 2 heterocycles. The van der Waals surface area contributed by atoms with E-state index < -0.39 is 17.9 Å². The first-order valence-corrected chi connectivity index (χ1v) is 9.30. The Morgan fingerprint density at radius 1 is 1.29 bits per heavy atom. The first-order chi connectivity index (χ1) is 13.3. The Labute approximate surface area is 167 Å². The molecule has 146 valence electrons. The normalized spacial score (nSPS) is 12.0. The molecule has 0 aliphatic rings. The van der Waals surface area contributed by atoms with Gasteiger partial charge in [-0.25, -0.2) is 14.5 Å². The van der Waals surface area contributed by atoms with E-state index in [1.807, 2.05) is 18.2 Å². The lowest BCUT2D eigenvalue weighted by atomic mass is 10.1. The number of nitrogens with zero attached hydrogens (tertiary/aromatic N) is 3. The van der Waals surface area contributed by atoms with Crippen molar-refractivity contribution in [3.63, 3.8) is 0 Å². The Kier molecular flexibility index (Phi) is 5.65. The van der Waals surface area contributed by atoms with Gasteiger partial charge in [0.25, 0.3) is 5.91 Å². The highest BCUT2D eigenvalue weighted by molar-refractivity contribution is 6.32. The van der Waals surface area contributed by atoms with E-state index in [-0.39, 0.29) is 6.61 Å². The molecule has 0 bridgehead atoms. The predicted octanol–water partition coefficient (Wildman–Crippen LogP) is 3.37. The average Bonchev–Trinajstić information content (AvgIpc) is 2.97. The number of hydrogen-bond acceptors (Lipinski definition) is 5. The highest BCUT2D eigenvalue weighted by atomic mass is 35.5. The average molecular weight is 401 g/mol. The minimum Gasteiger partial charge on any atom is -0.464 e. The zero-order chi connectivity index (χ0) is 20.4. The molecule has 28 heavy (non-hydrogen) atoms. The van der Waals surface area contributed by atoms with Crippen LogP contribution >= 0.6 is 11.6 Å². The van der Waals surface area contributed by atoms with E-state index in [9.17, 15) is 9.59 Å². The molecule has 0 fully saturated rings. The van der Waals surface area contributed by atoms with Gasteiger partial charge in [-0.1, -0.05) is 23.7 Å². The van der Waals surface area contributed by atoms with Crippen molar-refractivity contribution in [1.82, 2.24) is 20.1 Å². The lowest BCUT2D eigenvalue weighted by Crippen LogP contribution is -2.39. The molecule has 2 aromatic heterocycles. The van der Waals surface area contributed by atoms with E-state index in [1.54, 1.807) is 44.5 Å². The van der Waals surface area contributed by atoms with Gasteiger partial charge in [-0.3, -0.25) is 4.79 Å². The molecule has 0 saturated carbocycles. The number of aromatic nitrogens is 3. The quantitative estimate of drug-likeness (QED) is 0.663. The molecule has 1 unspecified atom stereocenters. The molecule has 1 atom stereocenters. The summed E-state index contributed by atoms with van der Waals surface area (Å²) < 4.78 is 6.58. The van der Waals surface area contributed by atoms with E-state index in [2.05, 4.69) is 15.4 Å². The van der Waals surface area contributed by atoms with Crippen LogP contribution in [0.25, 0.3) is 16.7 Å². The highest BCUT2D eigenvalue weighted by Crippen LogP contribution is 2.28. The Balaban J connectivity index is 2.09. The van der Waals surface area contributed by atoms with Crippen molar-refractivity contribution in [2.24, 2.45) is 0 Å². The molecule has 0 radical (unpaired) electrons. The first-order valence-electron chi connectivity index (χ1n) is 8.92. The molecule has 1 N–H and O–H groups in total. The van der Waals surface area contributed by atoms with Crippen molar-refractivity contribution in [3.05, 3.63) is 52.3 Å². The third-order valence-electron chi connectivity index (χ3n) is 4.25. The summed E-state index contributed by atoms with van der Waals surface area (Å²) in [5.41, 5.74) is 2.88. The van der Waals surface area contributed by atoms with Crippen molar-refractivity contribution < 1.29 is 14.3 Å². The van der Waals surface area contributed by atoms with Gasteiger partial charge in [0, 0.05) is 5.69 Å². The van der Waals surface area contributed by atoms with Gasteiger partial charge in [-0.15, -0.1) is 0 Å². The lowest BCUT2D eigenvalue weighted by Gasteiger charge is -2.13. The number of carbonyl (C=O) groups excluding carboxylic acids is 2. The Hall–Kier alpha value is -2.93. The predicted molar refractivity (Wildman–Crippen MR) is 107 cm³/mol. The van der Waals surface area contributed by atoms with Crippen molar-refractivity contribution >= 4 is 34.5 Å². The highest BCUT2D eigenvalue weighted by Gasteiger charge is 2.23. The first kappa shape index (κ1) is 19.8. The van der Waals surface area contributed by atoms with Gasteiger partial charge in [-0.2, -0.15) is 5.10 Å². The molecule has 7 nitrogen and oxygen atoms in total. The van der Waals surface area contributed by atoms with Crippen LogP contribution in [0.15, 0.2) is 30.3 Å². The zero-order valence-electron chi connectivity index (χ0n) is 16.1. The Morgan fingerprint density at radius 3 is 2.68 bits per heavy atom. The van der Waals surface area contributed by atoms with E-state index in [4.69, 9.17) is 16.3 Å². The molecule has 0 aliphatic heterocycles. The molecular weight excluding hydrogens is 380 g/mol. The molecule has 1 aromatic carbocycles. The molecule has 0 saturated heterocycles. The summed E-state index contributed by atoms with van der Waals surface area (Å²) in [5, 5.41) is 8.37. The number of nitrogens with one attached hydrogen (secondary N) is 1. The number of benzene rings is 1. The van der Waals surface area contributed by atoms with Crippen LogP contribution in [-0.4, -0.2) is 39.3 Å². The van der Waals surface area contributed by atoms with E-state index in [1.165, 1.54) is 0 Å². The summed E-state index contributed by atoms with van der Waals surface area (Å²) in [4.78, 5) is 29.3. The molecule has 0 aliphatic carbocycles. The van der Waals surface area contributed by atoms with Crippen LogP contribution in [0.4, 0.5) is 0 Å². The number of hydrogen-bond donors (Lipinski definition) is 1. The molecular formula is C20H21ClN4O3. The molecule has 8 heteroatoms. The third kappa shape index (κ3) is 3.71. The molecule has 0 spiro atoms. The SMILES string of the molecule is CCOC(=O)C(C)NC(=O)c1cc(C)nc2c1c(C)nn2-c1ccccc1Cl. The maximum Gasteiger partial charge on any atom is 0.328 e. The number of pyridine rings is 1. The second-order valence-electron chi connectivity index (χ2n) is 6.41. The fourth-order valence-electron chi connectivity index (χ4n) is 2.99. The minimum absolute atomic E-state index is 0.251. The fraction of sp³-hybridized carbons (Fsp3) is 0.300. The number of carbonyl (C=O) groups is 2. The second-order valence-corrected chi connectivity index (χ2v) is 6.81. The number of halogens is 1. The van der Waals surface area contributed by atoms with E-state index >= 15 is 0 Å². The topological polar surface area (TPSA) is 86.1 Å². The van der Waals surface area contributed by atoms with Gasteiger partial charge in [0.15, 0.2) is 5.65 Å². The molecule has 1 amide bonds. The number of ether oxygens (including phenoxy) is 1. The summed E-state index contributed by atoms with van der Waals surface area (Å²) >= 11 is 6.32. The summed E-state index contributed by atoms with van der Waals surface area (Å²) in [6.07, 6.45) is 0. The number of para-hydroxylation sites is 1. The Bertz CT molecular complexity index is 1060. The minimum atomic E-state index is -0.769. The van der Waals surface area contributed by atoms with E-state index in [0.29, 0.717) is 38.7 Å². The Morgan fingerprint density at radius 2 is 2.00 bits per heavy atom. The van der Waals surface area contributed by atoms with Crippen molar-refractivity contribution in [3.8, 4) is 5.69 Å². The van der Waals surface area contributed by atoms with Crippen LogP contribution in [0.2, 0.25) is 5.02 Å². The maximum atomic E-state index is 12.9. The number of rotatable bonds is 5. The number of aryl methyl sites for hydroxylation is 2. The standard InChI is InChI=1S/C20H21ClN4O3/c1-5-28-20(27)13(4)23-19(26)14-10-11(2)22-18-17(14)12(3)24-25(18)16-9-7-6-8-15(16)21/h6-10,13H,5H2,1-4H3,(H,23,26).